The van der Waals surface area contributed by atoms with Gasteiger partial charge in [0.05, 0.1) is 5.92 Å². The minimum absolute atomic E-state index is 0.0226. The summed E-state index contributed by atoms with van der Waals surface area (Å²) in [5.41, 5.74) is 0. The van der Waals surface area contributed by atoms with Gasteiger partial charge in [0.1, 0.15) is 0 Å². The van der Waals surface area contributed by atoms with E-state index in [9.17, 15) is 13.2 Å². The molecule has 6 nitrogen and oxygen atoms in total. The summed E-state index contributed by atoms with van der Waals surface area (Å²) in [5.74, 6) is 1.09. The molecule has 10 heteroatoms. The maximum absolute atomic E-state index is 12.5. The van der Waals surface area contributed by atoms with Crippen molar-refractivity contribution < 1.29 is 17.7 Å². The van der Waals surface area contributed by atoms with E-state index in [1.165, 1.54) is 0 Å². The molecule has 0 amide bonds. The van der Waals surface area contributed by atoms with E-state index in [-0.39, 0.29) is 11.0 Å². The Kier molecular flexibility index (Phi) is 3.11. The zero-order valence-corrected chi connectivity index (χ0v) is 11.2. The Labute approximate surface area is 115 Å². The highest BCUT2D eigenvalue weighted by Gasteiger charge is 2.37. The Morgan fingerprint density at radius 1 is 1.35 bits per heavy atom. The molecule has 1 fully saturated rings. The maximum Gasteiger partial charge on any atom is 0.445 e. The molecule has 0 saturated carbocycles. The Morgan fingerprint density at radius 3 is 2.75 bits per heavy atom. The molecule has 0 radical (unpaired) electrons. The lowest BCUT2D eigenvalue weighted by Gasteiger charge is -2.12. The molecule has 2 aromatic heterocycles. The van der Waals surface area contributed by atoms with Gasteiger partial charge in [0.25, 0.3) is 0 Å². The molecule has 0 aromatic carbocycles. The second-order valence-corrected chi connectivity index (χ2v) is 5.45. The normalized spacial score (nSPS) is 19.8. The lowest BCUT2D eigenvalue weighted by molar-refractivity contribution is -0.138. The summed E-state index contributed by atoms with van der Waals surface area (Å²) in [5, 5.41) is 9.85. The monoisotopic (exact) mass is 305 g/mol. The highest BCUT2D eigenvalue weighted by Crippen LogP contribution is 2.37. The number of hydrogen-bond donors (Lipinski definition) is 0. The Hall–Kier alpha value is -1.71. The average Bonchev–Trinajstić information content (AvgIpc) is 3.06. The zero-order chi connectivity index (χ0) is 14.3. The quantitative estimate of drug-likeness (QED) is 0.847. The topological polar surface area (TPSA) is 67.9 Å². The van der Waals surface area contributed by atoms with Crippen LogP contribution in [-0.4, -0.2) is 33.4 Å². The van der Waals surface area contributed by atoms with Gasteiger partial charge in [0.2, 0.25) is 16.0 Å². The predicted octanol–water partition coefficient (Wildman–Crippen LogP) is 2.24. The second-order valence-electron chi connectivity index (χ2n) is 4.50. The van der Waals surface area contributed by atoms with Crippen LogP contribution in [0, 0.1) is 6.92 Å². The molecule has 20 heavy (non-hydrogen) atoms. The van der Waals surface area contributed by atoms with Gasteiger partial charge < -0.3 is 9.42 Å². The van der Waals surface area contributed by atoms with Gasteiger partial charge in [-0.2, -0.15) is 18.2 Å². The van der Waals surface area contributed by atoms with Gasteiger partial charge in [-0.05, 0) is 13.3 Å². The largest absolute Gasteiger partial charge is 0.445 e. The Morgan fingerprint density at radius 2 is 2.15 bits per heavy atom. The lowest BCUT2D eigenvalue weighted by Crippen LogP contribution is -2.19. The number of nitrogens with zero attached hydrogens (tertiary/aromatic N) is 5. The molecule has 1 saturated heterocycles. The zero-order valence-electron chi connectivity index (χ0n) is 10.4. The van der Waals surface area contributed by atoms with E-state index in [0.717, 1.165) is 6.42 Å². The van der Waals surface area contributed by atoms with Crippen molar-refractivity contribution in [2.24, 2.45) is 0 Å². The minimum Gasteiger partial charge on any atom is -0.346 e. The fourth-order valence-electron chi connectivity index (χ4n) is 2.07. The minimum atomic E-state index is -4.45. The average molecular weight is 305 g/mol. The van der Waals surface area contributed by atoms with Crippen LogP contribution in [0.4, 0.5) is 18.3 Å². The van der Waals surface area contributed by atoms with Crippen LogP contribution in [0.2, 0.25) is 0 Å². The van der Waals surface area contributed by atoms with Gasteiger partial charge >= 0.3 is 6.18 Å². The fourth-order valence-corrected chi connectivity index (χ4v) is 2.82. The molecule has 0 bridgehead atoms. The van der Waals surface area contributed by atoms with Gasteiger partial charge in [-0.25, -0.2) is 0 Å². The number of rotatable bonds is 2. The van der Waals surface area contributed by atoms with E-state index in [1.54, 1.807) is 11.8 Å². The van der Waals surface area contributed by atoms with Crippen molar-refractivity contribution in [3.05, 3.63) is 16.7 Å². The molecule has 3 rings (SSSR count). The summed E-state index contributed by atoms with van der Waals surface area (Å²) in [4.78, 5) is 5.91. The number of anilines is 1. The van der Waals surface area contributed by atoms with Crippen molar-refractivity contribution in [3.63, 3.8) is 0 Å². The molecule has 1 aliphatic rings. The number of hydrogen-bond acceptors (Lipinski definition) is 7. The van der Waals surface area contributed by atoms with Crippen LogP contribution in [0.3, 0.4) is 0 Å². The number of halogens is 3. The molecule has 0 unspecified atom stereocenters. The van der Waals surface area contributed by atoms with Gasteiger partial charge in [0.15, 0.2) is 5.82 Å². The van der Waals surface area contributed by atoms with Crippen molar-refractivity contribution >= 4 is 16.5 Å². The first-order valence-corrected chi connectivity index (χ1v) is 6.71. The van der Waals surface area contributed by atoms with E-state index < -0.39 is 11.2 Å². The molecule has 0 aliphatic carbocycles. The van der Waals surface area contributed by atoms with Gasteiger partial charge in [-0.1, -0.05) is 16.5 Å². The maximum atomic E-state index is 12.5. The summed E-state index contributed by atoms with van der Waals surface area (Å²) < 4.78 is 42.6. The third-order valence-corrected chi connectivity index (χ3v) is 4.04. The molecule has 3 heterocycles. The van der Waals surface area contributed by atoms with E-state index in [2.05, 4.69) is 20.3 Å². The van der Waals surface area contributed by atoms with Crippen molar-refractivity contribution in [3.8, 4) is 0 Å². The highest BCUT2D eigenvalue weighted by atomic mass is 32.1. The van der Waals surface area contributed by atoms with E-state index in [0.29, 0.717) is 36.1 Å². The fraction of sp³-hybridized carbons (Fsp3) is 0.600. The summed E-state index contributed by atoms with van der Waals surface area (Å²) in [7, 11) is 0. The summed E-state index contributed by atoms with van der Waals surface area (Å²) in [6, 6.07) is 0. The molecule has 2 aromatic rings. The standard InChI is InChI=1S/C10H10F3N5OS/c1-5-14-7(19-17-5)6-2-3-18(4-6)9-16-15-8(20-9)10(11,12)13/h6H,2-4H2,1H3/t6-/m0/s1. The Bertz CT molecular complexity index is 610. The highest BCUT2D eigenvalue weighted by molar-refractivity contribution is 7.15. The molecule has 0 N–H and O–H groups in total. The van der Waals surface area contributed by atoms with E-state index in [4.69, 9.17) is 4.52 Å². The number of aryl methyl sites for hydroxylation is 1. The van der Waals surface area contributed by atoms with Gasteiger partial charge in [-0.15, -0.1) is 10.2 Å². The van der Waals surface area contributed by atoms with Crippen LogP contribution >= 0.6 is 11.3 Å². The summed E-state index contributed by atoms with van der Waals surface area (Å²) in [6.45, 7) is 2.83. The molecular formula is C10H10F3N5OS. The first kappa shape index (κ1) is 13.3. The lowest BCUT2D eigenvalue weighted by atomic mass is 10.1. The van der Waals surface area contributed by atoms with Gasteiger partial charge in [-0.3, -0.25) is 0 Å². The van der Waals surface area contributed by atoms with Crippen molar-refractivity contribution in [1.82, 2.24) is 20.3 Å². The third kappa shape index (κ3) is 2.47. The van der Waals surface area contributed by atoms with Crippen LogP contribution in [0.1, 0.15) is 29.1 Å². The predicted molar refractivity (Wildman–Crippen MR) is 63.5 cm³/mol. The SMILES string of the molecule is Cc1noc([C@H]2CCN(c3nnc(C(F)(F)F)s3)C2)n1. The van der Waals surface area contributed by atoms with Crippen molar-refractivity contribution in [2.45, 2.75) is 25.4 Å². The first-order valence-electron chi connectivity index (χ1n) is 5.89. The van der Waals surface area contributed by atoms with Crippen LogP contribution in [-0.2, 0) is 6.18 Å². The van der Waals surface area contributed by atoms with Crippen LogP contribution in [0.5, 0.6) is 0 Å². The molecule has 1 atom stereocenters. The van der Waals surface area contributed by atoms with Crippen LogP contribution in [0.15, 0.2) is 4.52 Å². The first-order chi connectivity index (χ1) is 9.43. The van der Waals surface area contributed by atoms with Crippen LogP contribution < -0.4 is 4.90 Å². The van der Waals surface area contributed by atoms with E-state index >= 15 is 0 Å². The van der Waals surface area contributed by atoms with Gasteiger partial charge in [0, 0.05) is 13.1 Å². The van der Waals surface area contributed by atoms with Crippen LogP contribution in [0.25, 0.3) is 0 Å². The summed E-state index contributed by atoms with van der Waals surface area (Å²) in [6.07, 6.45) is -3.71. The van der Waals surface area contributed by atoms with Crippen molar-refractivity contribution in [2.75, 3.05) is 18.0 Å². The van der Waals surface area contributed by atoms with E-state index in [1.807, 2.05) is 0 Å². The third-order valence-electron chi connectivity index (χ3n) is 3.01. The molecular weight excluding hydrogens is 295 g/mol. The second kappa shape index (κ2) is 4.69. The molecule has 0 spiro atoms. The molecule has 1 aliphatic heterocycles. The molecule has 108 valence electrons. The van der Waals surface area contributed by atoms with Crippen molar-refractivity contribution in [1.29, 1.82) is 0 Å². The number of aromatic nitrogens is 4. The summed E-state index contributed by atoms with van der Waals surface area (Å²) >= 11 is 0.552. The Balaban J connectivity index is 1.72. The number of alkyl halides is 3. The smallest absolute Gasteiger partial charge is 0.346 e.